The molecular weight excluding hydrogens is 242 g/mol. The third kappa shape index (κ3) is 1.67. The molecule has 0 bridgehead atoms. The van der Waals surface area contributed by atoms with E-state index in [1.165, 1.54) is 6.07 Å². The van der Waals surface area contributed by atoms with Gasteiger partial charge in [0.2, 0.25) is 0 Å². The Hall–Kier alpha value is -2.69. The molecule has 2 aromatic heterocycles. The first-order valence-electron chi connectivity index (χ1n) is 5.90. The van der Waals surface area contributed by atoms with E-state index >= 15 is 0 Å². The Balaban J connectivity index is 2.45. The van der Waals surface area contributed by atoms with Crippen molar-refractivity contribution in [3.05, 3.63) is 65.4 Å². The van der Waals surface area contributed by atoms with Crippen LogP contribution in [0, 0.1) is 10.1 Å². The minimum absolute atomic E-state index is 0.0984. The number of allylic oxidation sites excluding steroid dienone is 1. The van der Waals surface area contributed by atoms with E-state index in [0.717, 1.165) is 16.7 Å². The van der Waals surface area contributed by atoms with E-state index in [4.69, 9.17) is 0 Å². The van der Waals surface area contributed by atoms with E-state index < -0.39 is 0 Å². The number of hydrogen-bond donors (Lipinski definition) is 0. The number of aromatic nitrogens is 2. The lowest BCUT2D eigenvalue weighted by Gasteiger charge is -1.93. The average Bonchev–Trinajstić information content (AvgIpc) is 2.74. The lowest BCUT2D eigenvalue weighted by molar-refractivity contribution is -0.481. The van der Waals surface area contributed by atoms with Gasteiger partial charge in [-0.15, -0.1) is 0 Å². The van der Waals surface area contributed by atoms with Crippen LogP contribution in [0.5, 0.6) is 0 Å². The second-order valence-electron chi connectivity index (χ2n) is 4.26. The molecule has 19 heavy (non-hydrogen) atoms. The number of benzene rings is 1. The smallest absolute Gasteiger partial charge is 0.258 e. The molecule has 0 aliphatic rings. The first-order valence-corrected chi connectivity index (χ1v) is 5.90. The molecule has 1 aromatic carbocycles. The summed E-state index contributed by atoms with van der Waals surface area (Å²) in [6.07, 6.45) is 3.73. The summed E-state index contributed by atoms with van der Waals surface area (Å²) in [5, 5.41) is 10.9. The summed E-state index contributed by atoms with van der Waals surface area (Å²) in [6, 6.07) is 10.8. The van der Waals surface area contributed by atoms with Crippen LogP contribution in [0.4, 0.5) is 5.69 Å². The second-order valence-corrected chi connectivity index (χ2v) is 4.26. The lowest BCUT2D eigenvalue weighted by atomic mass is 10.3. The fraction of sp³-hybridized carbons (Fsp3) is 0.0714. The van der Waals surface area contributed by atoms with E-state index in [2.05, 4.69) is 6.58 Å². The van der Waals surface area contributed by atoms with Gasteiger partial charge in [0.1, 0.15) is 6.54 Å². The number of fused-ring (bicyclic) bond motifs is 3. The summed E-state index contributed by atoms with van der Waals surface area (Å²) in [4.78, 5) is 10.5. The zero-order chi connectivity index (χ0) is 13.4. The molecule has 5 nitrogen and oxygen atoms in total. The number of non-ortho nitro benzene ring substituents is 1. The molecule has 0 spiro atoms. The number of imidazole rings is 1. The van der Waals surface area contributed by atoms with Crippen LogP contribution in [0.25, 0.3) is 16.7 Å². The topological polar surface area (TPSA) is 52.2 Å². The molecule has 0 amide bonds. The number of nitro groups is 1. The summed E-state index contributed by atoms with van der Waals surface area (Å²) in [5.41, 5.74) is 2.86. The fourth-order valence-electron chi connectivity index (χ4n) is 2.35. The zero-order valence-corrected chi connectivity index (χ0v) is 10.2. The summed E-state index contributed by atoms with van der Waals surface area (Å²) in [6.45, 7) is 4.35. The van der Waals surface area contributed by atoms with Crippen LogP contribution >= 0.6 is 0 Å². The van der Waals surface area contributed by atoms with Crippen LogP contribution in [0.3, 0.4) is 0 Å². The van der Waals surface area contributed by atoms with E-state index in [9.17, 15) is 10.1 Å². The lowest BCUT2D eigenvalue weighted by Crippen LogP contribution is -2.19. The van der Waals surface area contributed by atoms with Gasteiger partial charge < -0.3 is 0 Å². The Kier molecular flexibility index (Phi) is 2.52. The van der Waals surface area contributed by atoms with E-state index in [-0.39, 0.29) is 10.6 Å². The highest BCUT2D eigenvalue weighted by molar-refractivity contribution is 5.78. The van der Waals surface area contributed by atoms with Gasteiger partial charge in [0.25, 0.3) is 11.3 Å². The third-order valence-corrected chi connectivity index (χ3v) is 3.15. The number of hydrogen-bond acceptors (Lipinski definition) is 2. The van der Waals surface area contributed by atoms with Gasteiger partial charge in [-0.2, -0.15) is 4.40 Å². The Morgan fingerprint density at radius 2 is 2.21 bits per heavy atom. The highest BCUT2D eigenvalue weighted by Gasteiger charge is 2.20. The van der Waals surface area contributed by atoms with Gasteiger partial charge >= 0.3 is 0 Å². The van der Waals surface area contributed by atoms with Crippen LogP contribution in [0.1, 0.15) is 0 Å². The number of pyridine rings is 1. The van der Waals surface area contributed by atoms with Crippen molar-refractivity contribution in [2.24, 2.45) is 0 Å². The van der Waals surface area contributed by atoms with Gasteiger partial charge in [-0.3, -0.25) is 10.1 Å². The van der Waals surface area contributed by atoms with Crippen molar-refractivity contribution in [3.63, 3.8) is 0 Å². The zero-order valence-electron chi connectivity index (χ0n) is 10.2. The number of rotatable bonds is 3. The maximum Gasteiger partial charge on any atom is 0.287 e. The van der Waals surface area contributed by atoms with Crippen molar-refractivity contribution in [1.82, 2.24) is 4.57 Å². The molecule has 0 fully saturated rings. The summed E-state index contributed by atoms with van der Waals surface area (Å²) >= 11 is 0. The van der Waals surface area contributed by atoms with Crippen molar-refractivity contribution in [2.75, 3.05) is 0 Å². The van der Waals surface area contributed by atoms with Gasteiger partial charge in [-0.25, -0.2) is 4.57 Å². The molecule has 0 radical (unpaired) electrons. The minimum atomic E-state index is -0.375. The highest BCUT2D eigenvalue weighted by atomic mass is 16.6. The van der Waals surface area contributed by atoms with Crippen LogP contribution in [0.15, 0.2) is 55.3 Å². The Morgan fingerprint density at radius 3 is 2.95 bits per heavy atom. The molecule has 3 rings (SSSR count). The number of nitrogens with zero attached hydrogens (tertiary/aromatic N) is 3. The maximum absolute atomic E-state index is 10.9. The van der Waals surface area contributed by atoms with Gasteiger partial charge in [0, 0.05) is 12.1 Å². The SMILES string of the molecule is C=CCn1c2cc([N+](=O)[O-])ccc2[n+]2ccccc12. The predicted molar refractivity (Wildman–Crippen MR) is 71.9 cm³/mol. The molecule has 0 aliphatic heterocycles. The molecule has 94 valence electrons. The van der Waals surface area contributed by atoms with E-state index in [1.807, 2.05) is 33.4 Å². The van der Waals surface area contributed by atoms with Gasteiger partial charge in [0.05, 0.1) is 17.2 Å². The molecule has 5 heteroatoms. The summed E-state index contributed by atoms with van der Waals surface area (Å²) in [7, 11) is 0. The molecule has 0 atom stereocenters. The Morgan fingerprint density at radius 1 is 1.37 bits per heavy atom. The predicted octanol–water partition coefficient (Wildman–Crippen LogP) is 2.47. The van der Waals surface area contributed by atoms with Gasteiger partial charge in [-0.05, 0) is 12.1 Å². The first kappa shape index (κ1) is 11.4. The molecule has 0 aliphatic carbocycles. The Labute approximate surface area is 109 Å². The number of nitro benzene ring substituents is 1. The minimum Gasteiger partial charge on any atom is -0.258 e. The fourth-order valence-corrected chi connectivity index (χ4v) is 2.35. The van der Waals surface area contributed by atoms with Gasteiger partial charge in [0.15, 0.2) is 11.0 Å². The van der Waals surface area contributed by atoms with Crippen molar-refractivity contribution in [2.45, 2.75) is 6.54 Å². The molecule has 0 N–H and O–H groups in total. The molecule has 3 aromatic rings. The van der Waals surface area contributed by atoms with Crippen molar-refractivity contribution in [1.29, 1.82) is 0 Å². The van der Waals surface area contributed by atoms with Crippen LogP contribution in [-0.2, 0) is 6.54 Å². The molecule has 0 saturated heterocycles. The molecule has 0 saturated carbocycles. The normalized spacial score (nSPS) is 10.9. The van der Waals surface area contributed by atoms with Crippen LogP contribution < -0.4 is 4.40 Å². The monoisotopic (exact) mass is 254 g/mol. The quantitative estimate of drug-likeness (QED) is 0.312. The maximum atomic E-state index is 10.9. The van der Waals surface area contributed by atoms with E-state index in [0.29, 0.717) is 6.54 Å². The van der Waals surface area contributed by atoms with Crippen LogP contribution in [0.2, 0.25) is 0 Å². The van der Waals surface area contributed by atoms with Crippen LogP contribution in [-0.4, -0.2) is 9.49 Å². The molecular formula is C14H12N3O2+. The largest absolute Gasteiger partial charge is 0.287 e. The van der Waals surface area contributed by atoms with Crippen molar-refractivity contribution < 1.29 is 9.32 Å². The van der Waals surface area contributed by atoms with E-state index in [1.54, 1.807) is 18.2 Å². The summed E-state index contributed by atoms with van der Waals surface area (Å²) in [5.74, 6) is 0. The molecule has 0 unspecified atom stereocenters. The molecule has 2 heterocycles. The van der Waals surface area contributed by atoms with Gasteiger partial charge in [-0.1, -0.05) is 18.7 Å². The van der Waals surface area contributed by atoms with Crippen molar-refractivity contribution in [3.8, 4) is 0 Å². The standard InChI is InChI=1S/C14H12N3O2/c1-2-8-15-13-10-11(17(18)19)6-7-12(13)16-9-4-3-5-14(15)16/h2-7,9-10H,1,8H2/q+1. The average molecular weight is 254 g/mol. The van der Waals surface area contributed by atoms with Crippen molar-refractivity contribution >= 4 is 22.4 Å². The summed E-state index contributed by atoms with van der Waals surface area (Å²) < 4.78 is 4.03. The highest BCUT2D eigenvalue weighted by Crippen LogP contribution is 2.21. The first-order chi connectivity index (χ1) is 9.22. The Bertz CT molecular complexity index is 805. The second kappa shape index (κ2) is 4.20. The third-order valence-electron chi connectivity index (χ3n) is 3.15.